The van der Waals surface area contributed by atoms with Crippen molar-refractivity contribution in [1.82, 2.24) is 5.32 Å². The molecule has 0 spiro atoms. The summed E-state index contributed by atoms with van der Waals surface area (Å²) in [6.45, 7) is 2.85. The van der Waals surface area contributed by atoms with Gasteiger partial charge in [-0.2, -0.15) is 11.8 Å². The molecule has 2 nitrogen and oxygen atoms in total. The van der Waals surface area contributed by atoms with Crippen molar-refractivity contribution in [3.05, 3.63) is 23.7 Å². The molecule has 0 unspecified atom stereocenters. The Hall–Kier alpha value is -0.410. The highest BCUT2D eigenvalue weighted by molar-refractivity contribution is 8.00. The molecular formula is C9H13NOS. The van der Waals surface area contributed by atoms with Gasteiger partial charge in [-0.1, -0.05) is 0 Å². The predicted octanol–water partition coefficient (Wildman–Crippen LogP) is 1.79. The van der Waals surface area contributed by atoms with Crippen molar-refractivity contribution in [1.29, 1.82) is 0 Å². The highest BCUT2D eigenvalue weighted by Crippen LogP contribution is 2.17. The Balaban J connectivity index is 1.79. The summed E-state index contributed by atoms with van der Waals surface area (Å²) in [5, 5.41) is 3.43. The molecule has 0 aromatic carbocycles. The normalized spacial score (nSPS) is 17.8. The van der Waals surface area contributed by atoms with Gasteiger partial charge in [0, 0.05) is 17.5 Å². The van der Waals surface area contributed by atoms with Crippen LogP contribution in [0.15, 0.2) is 16.5 Å². The highest BCUT2D eigenvalue weighted by atomic mass is 32.2. The van der Waals surface area contributed by atoms with Crippen molar-refractivity contribution in [3.63, 3.8) is 0 Å². The van der Waals surface area contributed by atoms with Crippen LogP contribution in [0.5, 0.6) is 0 Å². The second-order valence-electron chi connectivity index (χ2n) is 3.13. The maximum atomic E-state index is 5.43. The van der Waals surface area contributed by atoms with E-state index in [0.717, 1.165) is 18.1 Å². The first-order valence-corrected chi connectivity index (χ1v) is 5.36. The first-order chi connectivity index (χ1) is 5.84. The molecule has 0 saturated carbocycles. The minimum Gasteiger partial charge on any atom is -0.465 e. The van der Waals surface area contributed by atoms with E-state index < -0.39 is 0 Å². The first kappa shape index (κ1) is 8.20. The lowest BCUT2D eigenvalue weighted by atomic mass is 10.3. The summed E-state index contributed by atoms with van der Waals surface area (Å²) >= 11 is 1.99. The molecule has 1 aromatic heterocycles. The molecule has 0 atom stereocenters. The predicted molar refractivity (Wildman–Crippen MR) is 51.4 cm³/mol. The fourth-order valence-corrected chi connectivity index (χ4v) is 1.89. The van der Waals surface area contributed by atoms with Gasteiger partial charge in [0.2, 0.25) is 0 Å². The van der Waals surface area contributed by atoms with Crippen LogP contribution in [0.4, 0.5) is 0 Å². The molecule has 2 heterocycles. The summed E-state index contributed by atoms with van der Waals surface area (Å²) in [6, 6.07) is 4.75. The minimum absolute atomic E-state index is 0.709. The standard InChI is InChI=1S/C9H13NOS/c1-7-2-3-9(11-7)4-10-8-5-12-6-8/h2-3,8,10H,4-6H2,1H3. The van der Waals surface area contributed by atoms with Crippen LogP contribution in [0.25, 0.3) is 0 Å². The Bertz CT molecular complexity index is 255. The van der Waals surface area contributed by atoms with Gasteiger partial charge >= 0.3 is 0 Å². The monoisotopic (exact) mass is 183 g/mol. The van der Waals surface area contributed by atoms with E-state index in [2.05, 4.69) is 5.32 Å². The van der Waals surface area contributed by atoms with E-state index >= 15 is 0 Å². The lowest BCUT2D eigenvalue weighted by Crippen LogP contribution is -2.39. The van der Waals surface area contributed by atoms with Gasteiger partial charge in [-0.05, 0) is 19.1 Å². The third-order valence-electron chi connectivity index (χ3n) is 2.00. The lowest BCUT2D eigenvalue weighted by molar-refractivity contribution is 0.447. The smallest absolute Gasteiger partial charge is 0.117 e. The lowest BCUT2D eigenvalue weighted by Gasteiger charge is -2.25. The van der Waals surface area contributed by atoms with Crippen LogP contribution in [0.2, 0.25) is 0 Å². The Labute approximate surface area is 76.7 Å². The molecule has 1 aliphatic heterocycles. The van der Waals surface area contributed by atoms with Crippen LogP contribution in [-0.2, 0) is 6.54 Å². The first-order valence-electron chi connectivity index (χ1n) is 4.21. The number of hydrogen-bond acceptors (Lipinski definition) is 3. The molecule has 3 heteroatoms. The Morgan fingerprint density at radius 3 is 2.92 bits per heavy atom. The van der Waals surface area contributed by atoms with Gasteiger partial charge in [-0.25, -0.2) is 0 Å². The fraction of sp³-hybridized carbons (Fsp3) is 0.556. The zero-order chi connectivity index (χ0) is 8.39. The number of rotatable bonds is 3. The van der Waals surface area contributed by atoms with Gasteiger partial charge in [0.1, 0.15) is 11.5 Å². The molecule has 0 aliphatic carbocycles. The van der Waals surface area contributed by atoms with Gasteiger partial charge in [0.15, 0.2) is 0 Å². The molecule has 1 aromatic rings. The van der Waals surface area contributed by atoms with Crippen LogP contribution in [-0.4, -0.2) is 17.5 Å². The SMILES string of the molecule is Cc1ccc(CNC2CSC2)o1. The second kappa shape index (κ2) is 3.54. The molecule has 12 heavy (non-hydrogen) atoms. The largest absolute Gasteiger partial charge is 0.465 e. The quantitative estimate of drug-likeness (QED) is 0.773. The zero-order valence-electron chi connectivity index (χ0n) is 7.17. The summed E-state index contributed by atoms with van der Waals surface area (Å²) in [7, 11) is 0. The van der Waals surface area contributed by atoms with E-state index in [1.807, 2.05) is 30.8 Å². The zero-order valence-corrected chi connectivity index (χ0v) is 7.99. The second-order valence-corrected chi connectivity index (χ2v) is 4.20. The van der Waals surface area contributed by atoms with E-state index in [4.69, 9.17) is 4.42 Å². The maximum absolute atomic E-state index is 5.43. The summed E-state index contributed by atoms with van der Waals surface area (Å²) < 4.78 is 5.43. The topological polar surface area (TPSA) is 25.2 Å². The Morgan fingerprint density at radius 2 is 2.42 bits per heavy atom. The van der Waals surface area contributed by atoms with Gasteiger partial charge in [0.05, 0.1) is 6.54 Å². The van der Waals surface area contributed by atoms with Crippen molar-refractivity contribution in [3.8, 4) is 0 Å². The van der Waals surface area contributed by atoms with Crippen LogP contribution in [0, 0.1) is 6.92 Å². The molecule has 0 radical (unpaired) electrons. The van der Waals surface area contributed by atoms with Crippen LogP contribution < -0.4 is 5.32 Å². The van der Waals surface area contributed by atoms with Crippen molar-refractivity contribution in [2.75, 3.05) is 11.5 Å². The molecule has 1 fully saturated rings. The summed E-state index contributed by atoms with van der Waals surface area (Å²) in [6.07, 6.45) is 0. The summed E-state index contributed by atoms with van der Waals surface area (Å²) in [5.41, 5.74) is 0. The molecule has 0 amide bonds. The molecular weight excluding hydrogens is 170 g/mol. The van der Waals surface area contributed by atoms with Crippen molar-refractivity contribution >= 4 is 11.8 Å². The van der Waals surface area contributed by atoms with E-state index in [1.54, 1.807) is 0 Å². The van der Waals surface area contributed by atoms with E-state index in [-0.39, 0.29) is 0 Å². The average molecular weight is 183 g/mol. The molecule has 1 aliphatic rings. The van der Waals surface area contributed by atoms with Gasteiger partial charge < -0.3 is 9.73 Å². The Kier molecular flexibility index (Phi) is 2.42. The molecule has 1 saturated heterocycles. The highest BCUT2D eigenvalue weighted by Gasteiger charge is 2.17. The maximum Gasteiger partial charge on any atom is 0.117 e. The third kappa shape index (κ3) is 1.84. The molecule has 66 valence electrons. The van der Waals surface area contributed by atoms with Crippen LogP contribution >= 0.6 is 11.8 Å². The van der Waals surface area contributed by atoms with Gasteiger partial charge in [0.25, 0.3) is 0 Å². The van der Waals surface area contributed by atoms with Crippen molar-refractivity contribution in [2.45, 2.75) is 19.5 Å². The van der Waals surface area contributed by atoms with Gasteiger partial charge in [-0.15, -0.1) is 0 Å². The number of hydrogen-bond donors (Lipinski definition) is 1. The van der Waals surface area contributed by atoms with E-state index in [9.17, 15) is 0 Å². The number of furan rings is 1. The fourth-order valence-electron chi connectivity index (χ4n) is 1.18. The van der Waals surface area contributed by atoms with Gasteiger partial charge in [-0.3, -0.25) is 0 Å². The van der Waals surface area contributed by atoms with Crippen LogP contribution in [0.3, 0.4) is 0 Å². The number of nitrogens with one attached hydrogen (secondary N) is 1. The van der Waals surface area contributed by atoms with E-state index in [1.165, 1.54) is 11.5 Å². The average Bonchev–Trinajstić information content (AvgIpc) is 2.32. The number of thioether (sulfide) groups is 1. The van der Waals surface area contributed by atoms with Crippen molar-refractivity contribution in [2.24, 2.45) is 0 Å². The van der Waals surface area contributed by atoms with Crippen LogP contribution in [0.1, 0.15) is 11.5 Å². The summed E-state index contributed by atoms with van der Waals surface area (Å²) in [4.78, 5) is 0. The Morgan fingerprint density at radius 1 is 1.58 bits per heavy atom. The summed E-state index contributed by atoms with van der Waals surface area (Å²) in [5.74, 6) is 4.54. The molecule has 0 bridgehead atoms. The van der Waals surface area contributed by atoms with E-state index in [0.29, 0.717) is 6.04 Å². The molecule has 1 N–H and O–H groups in total. The minimum atomic E-state index is 0.709. The van der Waals surface area contributed by atoms with Crippen molar-refractivity contribution < 1.29 is 4.42 Å². The third-order valence-corrected chi connectivity index (χ3v) is 3.28. The molecule has 2 rings (SSSR count). The number of aryl methyl sites for hydroxylation is 1.